The van der Waals surface area contributed by atoms with Gasteiger partial charge in [0.15, 0.2) is 0 Å². The summed E-state index contributed by atoms with van der Waals surface area (Å²) in [5, 5.41) is 0. The van der Waals surface area contributed by atoms with Crippen LogP contribution in [0.15, 0.2) is 30.3 Å². The van der Waals surface area contributed by atoms with Crippen molar-refractivity contribution in [3.8, 4) is 0 Å². The molecule has 0 amide bonds. The van der Waals surface area contributed by atoms with Crippen LogP contribution in [-0.4, -0.2) is 2.43 Å². The van der Waals surface area contributed by atoms with Crippen molar-refractivity contribution in [1.29, 1.82) is 0 Å². The third kappa shape index (κ3) is 2.80. The zero-order chi connectivity index (χ0) is 7.40. The van der Waals surface area contributed by atoms with Crippen LogP contribution in [0.25, 0.3) is 0 Å². The molecule has 0 aliphatic rings. The van der Waals surface area contributed by atoms with Gasteiger partial charge in [-0.15, -0.1) is 0 Å². The summed E-state index contributed by atoms with van der Waals surface area (Å²) >= 11 is 4.36. The second kappa shape index (κ2) is 5.13. The number of hydrogen-bond acceptors (Lipinski definition) is 0. The Kier molecular flexibility index (Phi) is 4.87. The first kappa shape index (κ1) is 9.50. The topological polar surface area (TPSA) is 0 Å². The maximum atomic E-state index is 2.62. The van der Waals surface area contributed by atoms with Gasteiger partial charge in [-0.2, -0.15) is 0 Å². The van der Waals surface area contributed by atoms with Crippen LogP contribution in [0.3, 0.4) is 0 Å². The van der Waals surface area contributed by atoms with E-state index >= 15 is 0 Å². The van der Waals surface area contributed by atoms with Crippen LogP contribution in [0, 0.1) is 3.57 Å². The average molecular weight is 472 g/mol. The van der Waals surface area contributed by atoms with E-state index in [0.717, 1.165) is 0 Å². The second-order valence-electron chi connectivity index (χ2n) is 1.70. The molecule has 0 bridgehead atoms. The second-order valence-corrected chi connectivity index (χ2v) is 15.7. The molecule has 0 N–H and O–H groups in total. The van der Waals surface area contributed by atoms with Crippen LogP contribution in [0.2, 0.25) is 0 Å². The molecule has 1 rings (SSSR count). The van der Waals surface area contributed by atoms with Gasteiger partial charge >= 0.3 is 93.4 Å². The molecule has 0 aromatic heterocycles. The van der Waals surface area contributed by atoms with Crippen molar-refractivity contribution in [2.24, 2.45) is 0 Å². The Bertz CT molecular complexity index is 185. The molecular formula is C7H7I3. The van der Waals surface area contributed by atoms with Crippen molar-refractivity contribution in [3.63, 3.8) is 0 Å². The minimum absolute atomic E-state index is 0.743. The van der Waals surface area contributed by atoms with Crippen molar-refractivity contribution < 1.29 is 0 Å². The summed E-state index contributed by atoms with van der Waals surface area (Å²) in [4.78, 5) is 0. The van der Waals surface area contributed by atoms with Gasteiger partial charge < -0.3 is 0 Å². The maximum absolute atomic E-state index is 2.62. The van der Waals surface area contributed by atoms with Crippen molar-refractivity contribution >= 4 is 57.1 Å². The van der Waals surface area contributed by atoms with Crippen molar-refractivity contribution in [2.75, 3.05) is 2.43 Å². The Morgan fingerprint density at radius 3 is 2.30 bits per heavy atom. The third-order valence-electron chi connectivity index (χ3n) is 1.06. The van der Waals surface area contributed by atoms with Gasteiger partial charge in [0.2, 0.25) is 0 Å². The summed E-state index contributed by atoms with van der Waals surface area (Å²) in [5.74, 6) is 0. The first-order chi connectivity index (χ1) is 4.84. The normalized spacial score (nSPS) is 11.2. The summed E-state index contributed by atoms with van der Waals surface area (Å²) in [6, 6.07) is 10.8. The van der Waals surface area contributed by atoms with Crippen LogP contribution < -0.4 is 0 Å². The molecule has 1 aromatic rings. The van der Waals surface area contributed by atoms with Crippen LogP contribution in [0.1, 0.15) is 0 Å². The molecule has 3 heteroatoms. The van der Waals surface area contributed by atoms with Gasteiger partial charge in [-0.1, -0.05) is 0 Å². The Morgan fingerprint density at radius 2 is 1.80 bits per heavy atom. The number of rotatable bonds is 2. The van der Waals surface area contributed by atoms with E-state index in [9.17, 15) is 0 Å². The fraction of sp³-hybridized carbons (Fsp3) is 0.143. The standard InChI is InChI=1S/C7H7I3/c8-6-10(9)7-4-2-1-3-5-7/h1-5H,6H2. The van der Waals surface area contributed by atoms with Gasteiger partial charge in [-0.05, 0) is 0 Å². The van der Waals surface area contributed by atoms with Gasteiger partial charge in [0, 0.05) is 0 Å². The van der Waals surface area contributed by atoms with Crippen molar-refractivity contribution in [2.45, 2.75) is 0 Å². The predicted octanol–water partition coefficient (Wildman–Crippen LogP) is 4.11. The van der Waals surface area contributed by atoms with Gasteiger partial charge in [-0.25, -0.2) is 0 Å². The van der Waals surface area contributed by atoms with E-state index in [2.05, 4.69) is 71.5 Å². The van der Waals surface area contributed by atoms with E-state index in [1.54, 1.807) is 3.57 Å². The van der Waals surface area contributed by atoms with E-state index < -0.39 is 15.8 Å². The molecule has 10 heavy (non-hydrogen) atoms. The predicted molar refractivity (Wildman–Crippen MR) is 72.1 cm³/mol. The molecule has 0 unspecified atom stereocenters. The van der Waals surface area contributed by atoms with Crippen LogP contribution in [0.4, 0.5) is 0 Å². The molecule has 0 radical (unpaired) electrons. The quantitative estimate of drug-likeness (QED) is 0.450. The fourth-order valence-corrected chi connectivity index (χ4v) is 6.19. The van der Waals surface area contributed by atoms with Crippen molar-refractivity contribution in [3.05, 3.63) is 33.9 Å². The summed E-state index contributed by atoms with van der Waals surface area (Å²) in [6.45, 7) is 0. The van der Waals surface area contributed by atoms with Crippen LogP contribution >= 0.6 is 57.1 Å². The molecule has 0 heterocycles. The molecule has 0 saturated heterocycles. The van der Waals surface area contributed by atoms with Crippen LogP contribution in [0.5, 0.6) is 0 Å². The number of benzene rings is 1. The first-order valence-electron chi connectivity index (χ1n) is 2.78. The number of hydrogen-bond donors (Lipinski definition) is 0. The summed E-state index contributed by atoms with van der Waals surface area (Å²) in [5.41, 5.74) is 0. The van der Waals surface area contributed by atoms with Gasteiger partial charge in [0.05, 0.1) is 0 Å². The summed E-state index contributed by atoms with van der Waals surface area (Å²) < 4.78 is 2.92. The molecule has 0 aliphatic heterocycles. The van der Waals surface area contributed by atoms with E-state index in [1.807, 2.05) is 0 Å². The SMILES string of the molecule is ICI(I)c1ccccc1. The zero-order valence-corrected chi connectivity index (χ0v) is 11.7. The van der Waals surface area contributed by atoms with E-state index in [-0.39, 0.29) is 0 Å². The number of alkyl halides is 2. The summed E-state index contributed by atoms with van der Waals surface area (Å²) in [7, 11) is 0. The fourth-order valence-electron chi connectivity index (χ4n) is 0.610. The Morgan fingerprint density at radius 1 is 1.20 bits per heavy atom. The molecule has 0 saturated carbocycles. The molecule has 0 atom stereocenters. The Balaban J connectivity index is 2.75. The van der Waals surface area contributed by atoms with E-state index in [4.69, 9.17) is 0 Å². The molecule has 0 aliphatic carbocycles. The molecule has 0 nitrogen and oxygen atoms in total. The van der Waals surface area contributed by atoms with Crippen molar-refractivity contribution in [1.82, 2.24) is 0 Å². The third-order valence-corrected chi connectivity index (χ3v) is 20.0. The molecule has 56 valence electrons. The van der Waals surface area contributed by atoms with E-state index in [0.29, 0.717) is 0 Å². The van der Waals surface area contributed by atoms with E-state index in [1.165, 1.54) is 2.43 Å². The molecule has 0 spiro atoms. The molecular weight excluding hydrogens is 465 g/mol. The van der Waals surface area contributed by atoms with Crippen LogP contribution in [-0.2, 0) is 0 Å². The number of halogens is 3. The average Bonchev–Trinajstić information content (AvgIpc) is 2.05. The molecule has 1 aromatic carbocycles. The Labute approximate surface area is 91.9 Å². The minimum atomic E-state index is -0.743. The first-order valence-corrected chi connectivity index (χ1v) is 13.2. The van der Waals surface area contributed by atoms with Gasteiger partial charge in [0.25, 0.3) is 0 Å². The Hall–Kier alpha value is 1.41. The van der Waals surface area contributed by atoms with Gasteiger partial charge in [0.1, 0.15) is 0 Å². The summed E-state index contributed by atoms with van der Waals surface area (Å²) in [6.07, 6.45) is 0. The molecule has 0 fully saturated rings. The monoisotopic (exact) mass is 472 g/mol. The van der Waals surface area contributed by atoms with Gasteiger partial charge in [-0.3, -0.25) is 0 Å². The zero-order valence-electron chi connectivity index (χ0n) is 5.23.